The molecule has 0 radical (unpaired) electrons. The number of amides is 1. The van der Waals surface area contributed by atoms with Gasteiger partial charge in [0, 0.05) is 30.9 Å². The summed E-state index contributed by atoms with van der Waals surface area (Å²) in [5.41, 5.74) is 0.734. The molecule has 0 saturated carbocycles. The molecule has 7 heteroatoms. The Kier molecular flexibility index (Phi) is 3.74. The fraction of sp³-hybridized carbons (Fsp3) is 0.438. The third-order valence-corrected chi connectivity index (χ3v) is 5.25. The lowest BCUT2D eigenvalue weighted by molar-refractivity contribution is -0.141. The molecule has 0 atom stereocenters. The molecule has 23 heavy (non-hydrogen) atoms. The minimum Gasteiger partial charge on any atom is -0.363 e. The van der Waals surface area contributed by atoms with Crippen molar-refractivity contribution in [2.75, 3.05) is 36.0 Å². The van der Waals surface area contributed by atoms with Crippen molar-refractivity contribution < 1.29 is 9.53 Å². The minimum atomic E-state index is -0.249. The summed E-state index contributed by atoms with van der Waals surface area (Å²) in [5.74, 6) is 0.812. The maximum Gasteiger partial charge on any atom is 0.253 e. The van der Waals surface area contributed by atoms with E-state index in [2.05, 4.69) is 14.9 Å². The molecule has 2 aromatic rings. The second-order valence-corrected chi connectivity index (χ2v) is 6.75. The van der Waals surface area contributed by atoms with Crippen molar-refractivity contribution in [3.05, 3.63) is 35.3 Å². The van der Waals surface area contributed by atoms with E-state index in [1.165, 1.54) is 0 Å². The Morgan fingerprint density at radius 2 is 2.00 bits per heavy atom. The zero-order chi connectivity index (χ0) is 15.7. The van der Waals surface area contributed by atoms with Crippen LogP contribution in [0.5, 0.6) is 0 Å². The van der Waals surface area contributed by atoms with Crippen LogP contribution < -0.4 is 9.80 Å². The van der Waals surface area contributed by atoms with Crippen molar-refractivity contribution >= 4 is 28.9 Å². The average molecular weight is 330 g/mol. The van der Waals surface area contributed by atoms with E-state index in [0.717, 1.165) is 37.6 Å². The highest BCUT2D eigenvalue weighted by atomic mass is 32.1. The summed E-state index contributed by atoms with van der Waals surface area (Å²) in [6.07, 6.45) is 5.28. The van der Waals surface area contributed by atoms with Gasteiger partial charge in [-0.2, -0.15) is 11.3 Å². The van der Waals surface area contributed by atoms with Crippen LogP contribution in [0.3, 0.4) is 0 Å². The number of hydrogen-bond donors (Lipinski definition) is 0. The first-order valence-electron chi connectivity index (χ1n) is 7.74. The number of aromatic nitrogens is 2. The topological polar surface area (TPSA) is 58.6 Å². The molecule has 0 aliphatic carbocycles. The van der Waals surface area contributed by atoms with Crippen molar-refractivity contribution in [2.24, 2.45) is 0 Å². The molecular weight excluding hydrogens is 312 g/mol. The van der Waals surface area contributed by atoms with Crippen LogP contribution in [0.2, 0.25) is 0 Å². The number of thiophene rings is 1. The van der Waals surface area contributed by atoms with Gasteiger partial charge in [0.2, 0.25) is 5.95 Å². The van der Waals surface area contributed by atoms with E-state index < -0.39 is 0 Å². The second-order valence-electron chi connectivity index (χ2n) is 5.97. The van der Waals surface area contributed by atoms with Crippen molar-refractivity contribution in [3.8, 4) is 0 Å². The van der Waals surface area contributed by atoms with Gasteiger partial charge in [0.25, 0.3) is 5.91 Å². The van der Waals surface area contributed by atoms with E-state index in [9.17, 15) is 4.79 Å². The molecule has 2 aromatic heterocycles. The minimum absolute atomic E-state index is 0.0443. The monoisotopic (exact) mass is 330 g/mol. The third kappa shape index (κ3) is 2.82. The van der Waals surface area contributed by atoms with Gasteiger partial charge in [-0.3, -0.25) is 4.79 Å². The molecule has 2 saturated heterocycles. The van der Waals surface area contributed by atoms with Crippen LogP contribution in [0.1, 0.15) is 12.8 Å². The van der Waals surface area contributed by atoms with Crippen LogP contribution >= 0.6 is 11.3 Å². The highest BCUT2D eigenvalue weighted by molar-refractivity contribution is 7.08. The van der Waals surface area contributed by atoms with Crippen LogP contribution in [0.25, 0.3) is 0 Å². The van der Waals surface area contributed by atoms with Crippen LogP contribution in [-0.2, 0) is 9.53 Å². The van der Waals surface area contributed by atoms with Crippen molar-refractivity contribution in [3.63, 3.8) is 0 Å². The smallest absolute Gasteiger partial charge is 0.253 e. The van der Waals surface area contributed by atoms with E-state index in [4.69, 9.17) is 4.74 Å². The Hall–Kier alpha value is -1.99. The number of carbonyl (C=O) groups excluding carboxylic acids is 1. The Labute approximate surface area is 138 Å². The largest absolute Gasteiger partial charge is 0.363 e. The van der Waals surface area contributed by atoms with Gasteiger partial charge >= 0.3 is 0 Å². The maximum absolute atomic E-state index is 12.2. The lowest BCUT2D eigenvalue weighted by atomic mass is 9.89. The zero-order valence-corrected chi connectivity index (χ0v) is 13.5. The van der Waals surface area contributed by atoms with Crippen molar-refractivity contribution in [1.29, 1.82) is 0 Å². The fourth-order valence-electron chi connectivity index (χ4n) is 3.23. The number of nitrogens with zero attached hydrogens (tertiary/aromatic N) is 4. The highest BCUT2D eigenvalue weighted by Gasteiger charge is 2.43. The molecule has 120 valence electrons. The number of morpholine rings is 1. The van der Waals surface area contributed by atoms with Crippen LogP contribution in [0.15, 0.2) is 35.3 Å². The molecule has 2 fully saturated rings. The van der Waals surface area contributed by atoms with Crippen molar-refractivity contribution in [2.45, 2.75) is 18.4 Å². The number of hydrogen-bond acceptors (Lipinski definition) is 6. The van der Waals surface area contributed by atoms with Crippen LogP contribution in [0, 0.1) is 0 Å². The predicted octanol–water partition coefficient (Wildman–Crippen LogP) is 1.94. The quantitative estimate of drug-likeness (QED) is 0.842. The van der Waals surface area contributed by atoms with Gasteiger partial charge in [0.15, 0.2) is 0 Å². The number of piperidine rings is 1. The molecule has 4 rings (SSSR count). The Balaban J connectivity index is 1.47. The third-order valence-electron chi connectivity index (χ3n) is 4.58. The maximum atomic E-state index is 12.2. The van der Waals surface area contributed by atoms with E-state index in [1.807, 2.05) is 27.8 Å². The zero-order valence-electron chi connectivity index (χ0n) is 12.7. The molecule has 1 spiro atoms. The van der Waals surface area contributed by atoms with Crippen molar-refractivity contribution in [1.82, 2.24) is 9.97 Å². The van der Waals surface area contributed by atoms with Crippen LogP contribution in [0.4, 0.5) is 11.6 Å². The first-order chi connectivity index (χ1) is 11.3. The number of ether oxygens (including phenoxy) is 1. The molecule has 1 amide bonds. The van der Waals surface area contributed by atoms with Gasteiger partial charge in [0.05, 0.1) is 17.8 Å². The molecule has 4 heterocycles. The number of anilines is 2. The standard InChI is InChI=1S/C16H18N4O2S/c21-14-10-22-16(12-20(14)13-2-9-23-11-13)3-7-19(8-4-16)15-17-5-1-6-18-15/h1-2,5-6,9,11H,3-4,7-8,10,12H2. The molecule has 2 aliphatic rings. The molecule has 0 bridgehead atoms. The van der Waals surface area contributed by atoms with Gasteiger partial charge < -0.3 is 14.5 Å². The molecule has 0 aromatic carbocycles. The molecule has 0 unspecified atom stereocenters. The Morgan fingerprint density at radius 1 is 1.22 bits per heavy atom. The summed E-state index contributed by atoms with van der Waals surface area (Å²) in [5, 5.41) is 4.02. The molecule has 0 N–H and O–H groups in total. The highest BCUT2D eigenvalue weighted by Crippen LogP contribution is 2.34. The predicted molar refractivity (Wildman–Crippen MR) is 88.8 cm³/mol. The van der Waals surface area contributed by atoms with Gasteiger partial charge in [-0.05, 0) is 30.4 Å². The normalized spacial score (nSPS) is 21.0. The Morgan fingerprint density at radius 3 is 2.70 bits per heavy atom. The summed E-state index contributed by atoms with van der Waals surface area (Å²) >= 11 is 1.61. The summed E-state index contributed by atoms with van der Waals surface area (Å²) in [7, 11) is 0. The average Bonchev–Trinajstić information content (AvgIpc) is 3.13. The van der Waals surface area contributed by atoms with Crippen LogP contribution in [-0.4, -0.2) is 47.7 Å². The van der Waals surface area contributed by atoms with Gasteiger partial charge in [-0.25, -0.2) is 9.97 Å². The summed E-state index contributed by atoms with van der Waals surface area (Å²) in [6.45, 7) is 2.48. The first-order valence-corrected chi connectivity index (χ1v) is 8.69. The molecular formula is C16H18N4O2S. The van der Waals surface area contributed by atoms with E-state index in [1.54, 1.807) is 23.7 Å². The molecule has 6 nitrogen and oxygen atoms in total. The lowest BCUT2D eigenvalue weighted by Crippen LogP contribution is -2.59. The second kappa shape index (κ2) is 5.90. The first kappa shape index (κ1) is 14.6. The fourth-order valence-corrected chi connectivity index (χ4v) is 3.87. The Bertz CT molecular complexity index is 669. The van der Waals surface area contributed by atoms with Gasteiger partial charge in [0.1, 0.15) is 6.61 Å². The number of rotatable bonds is 2. The summed E-state index contributed by atoms with van der Waals surface area (Å²) < 4.78 is 5.98. The number of carbonyl (C=O) groups is 1. The van der Waals surface area contributed by atoms with Gasteiger partial charge in [-0.1, -0.05) is 0 Å². The van der Waals surface area contributed by atoms with E-state index >= 15 is 0 Å². The van der Waals surface area contributed by atoms with Gasteiger partial charge in [-0.15, -0.1) is 0 Å². The molecule has 2 aliphatic heterocycles. The van der Waals surface area contributed by atoms with E-state index in [-0.39, 0.29) is 18.1 Å². The lowest BCUT2D eigenvalue weighted by Gasteiger charge is -2.46. The summed E-state index contributed by atoms with van der Waals surface area (Å²) in [4.78, 5) is 24.9. The summed E-state index contributed by atoms with van der Waals surface area (Å²) in [6, 6.07) is 3.82. The SMILES string of the molecule is O=C1COC2(CCN(c3ncccn3)CC2)CN1c1ccsc1. The van der Waals surface area contributed by atoms with E-state index in [0.29, 0.717) is 6.54 Å².